The lowest BCUT2D eigenvalue weighted by Crippen LogP contribution is -2.49. The van der Waals surface area contributed by atoms with Gasteiger partial charge in [0.25, 0.3) is 5.91 Å². The van der Waals surface area contributed by atoms with E-state index in [-0.39, 0.29) is 17.7 Å². The Balaban J connectivity index is 1.30. The van der Waals surface area contributed by atoms with Gasteiger partial charge in [0, 0.05) is 43.5 Å². The van der Waals surface area contributed by atoms with Gasteiger partial charge < -0.3 is 14.5 Å². The van der Waals surface area contributed by atoms with Crippen molar-refractivity contribution in [3.63, 3.8) is 0 Å². The number of hydrogen-bond acceptors (Lipinski definition) is 3. The number of ether oxygens (including phenoxy) is 1. The third kappa shape index (κ3) is 3.93. The lowest BCUT2D eigenvalue weighted by Gasteiger charge is -2.37. The first-order valence-corrected chi connectivity index (χ1v) is 10.4. The minimum atomic E-state index is -0.464. The molecule has 27 heavy (non-hydrogen) atoms. The van der Waals surface area contributed by atoms with Gasteiger partial charge in [-0.2, -0.15) is 0 Å². The van der Waals surface area contributed by atoms with Crippen LogP contribution in [0.1, 0.15) is 38.2 Å². The van der Waals surface area contributed by atoms with Crippen molar-refractivity contribution in [3.8, 4) is 5.75 Å². The Kier molecular flexibility index (Phi) is 5.31. The van der Waals surface area contributed by atoms with Crippen LogP contribution in [0.15, 0.2) is 18.2 Å². The van der Waals surface area contributed by atoms with E-state index in [1.807, 2.05) is 21.9 Å². The summed E-state index contributed by atoms with van der Waals surface area (Å²) < 4.78 is 5.83. The molecule has 3 heterocycles. The van der Waals surface area contributed by atoms with Crippen molar-refractivity contribution in [2.75, 3.05) is 26.2 Å². The molecule has 3 aliphatic heterocycles. The average Bonchev–Trinajstić information content (AvgIpc) is 3.10. The van der Waals surface area contributed by atoms with E-state index < -0.39 is 6.10 Å². The topological polar surface area (TPSA) is 49.9 Å². The molecule has 6 heteroatoms. The van der Waals surface area contributed by atoms with Gasteiger partial charge in [-0.25, -0.2) is 0 Å². The fourth-order valence-corrected chi connectivity index (χ4v) is 4.75. The highest BCUT2D eigenvalue weighted by atomic mass is 35.5. The fraction of sp³-hybridized carbons (Fsp3) is 0.619. The molecule has 0 N–H and O–H groups in total. The third-order valence-electron chi connectivity index (χ3n) is 6.10. The molecule has 0 spiro atoms. The van der Waals surface area contributed by atoms with Gasteiger partial charge in [-0.15, -0.1) is 0 Å². The largest absolute Gasteiger partial charge is 0.480 e. The number of nitrogens with zero attached hydrogens (tertiary/aromatic N) is 2. The molecule has 2 unspecified atom stereocenters. The number of halogens is 1. The van der Waals surface area contributed by atoms with Crippen LogP contribution in [-0.2, 0) is 16.0 Å². The highest BCUT2D eigenvalue weighted by Crippen LogP contribution is 2.32. The smallest absolute Gasteiger partial charge is 0.263 e. The molecule has 2 saturated heterocycles. The van der Waals surface area contributed by atoms with Crippen molar-refractivity contribution < 1.29 is 14.3 Å². The summed E-state index contributed by atoms with van der Waals surface area (Å²) in [6, 6.07) is 5.48. The van der Waals surface area contributed by atoms with E-state index in [2.05, 4.69) is 6.92 Å². The molecule has 0 aromatic heterocycles. The van der Waals surface area contributed by atoms with Crippen molar-refractivity contribution in [1.82, 2.24) is 9.80 Å². The van der Waals surface area contributed by atoms with Crippen molar-refractivity contribution in [2.24, 2.45) is 11.8 Å². The Labute approximate surface area is 165 Å². The molecule has 0 saturated carbocycles. The lowest BCUT2D eigenvalue weighted by molar-refractivity contribution is -0.144. The predicted molar refractivity (Wildman–Crippen MR) is 104 cm³/mol. The van der Waals surface area contributed by atoms with E-state index in [1.54, 1.807) is 6.07 Å². The summed E-state index contributed by atoms with van der Waals surface area (Å²) >= 11 is 6.03. The number of carbonyl (C=O) groups excluding carboxylic acids is 2. The Morgan fingerprint density at radius 2 is 1.85 bits per heavy atom. The lowest BCUT2D eigenvalue weighted by atomic mass is 9.92. The number of carbonyl (C=O) groups is 2. The number of likely N-dealkylation sites (tertiary alicyclic amines) is 2. The number of hydrogen-bond donors (Lipinski definition) is 0. The molecule has 0 radical (unpaired) electrons. The van der Waals surface area contributed by atoms with Crippen LogP contribution in [-0.4, -0.2) is 53.9 Å². The number of piperidine rings is 2. The molecule has 2 fully saturated rings. The van der Waals surface area contributed by atoms with E-state index in [9.17, 15) is 9.59 Å². The van der Waals surface area contributed by atoms with Gasteiger partial charge in [0.1, 0.15) is 5.75 Å². The molecular weight excluding hydrogens is 364 g/mol. The second-order valence-corrected chi connectivity index (χ2v) is 8.63. The minimum absolute atomic E-state index is 0.0276. The molecule has 0 bridgehead atoms. The molecule has 0 aliphatic carbocycles. The van der Waals surface area contributed by atoms with E-state index in [0.29, 0.717) is 30.5 Å². The third-order valence-corrected chi connectivity index (χ3v) is 6.33. The quantitative estimate of drug-likeness (QED) is 0.779. The standard InChI is InChI=1S/C21H27ClN2O3/c1-14-3-2-8-24(13-14)20(25)15-6-9-23(10-7-15)21(26)19-12-16-11-17(22)4-5-18(16)27-19/h4-5,11,14-15,19H,2-3,6-10,12-13H2,1H3. The van der Waals surface area contributed by atoms with Crippen LogP contribution < -0.4 is 4.74 Å². The highest BCUT2D eigenvalue weighted by molar-refractivity contribution is 6.30. The Bertz CT molecular complexity index is 730. The maximum Gasteiger partial charge on any atom is 0.263 e. The summed E-state index contributed by atoms with van der Waals surface area (Å²) in [5.74, 6) is 1.72. The molecule has 146 valence electrons. The Hall–Kier alpha value is -1.75. The van der Waals surface area contributed by atoms with Gasteiger partial charge in [-0.3, -0.25) is 9.59 Å². The van der Waals surface area contributed by atoms with E-state index in [1.165, 1.54) is 6.42 Å². The van der Waals surface area contributed by atoms with Crippen molar-refractivity contribution >= 4 is 23.4 Å². The monoisotopic (exact) mass is 390 g/mol. The van der Waals surface area contributed by atoms with Crippen LogP contribution in [0.5, 0.6) is 5.75 Å². The molecule has 3 aliphatic rings. The maximum absolute atomic E-state index is 12.8. The Morgan fingerprint density at radius 3 is 2.59 bits per heavy atom. The van der Waals surface area contributed by atoms with E-state index in [0.717, 1.165) is 43.7 Å². The van der Waals surface area contributed by atoms with Crippen LogP contribution in [0, 0.1) is 11.8 Å². The van der Waals surface area contributed by atoms with Crippen LogP contribution in [0.4, 0.5) is 0 Å². The first-order valence-electron chi connectivity index (χ1n) is 10.0. The summed E-state index contributed by atoms with van der Waals surface area (Å²) in [7, 11) is 0. The molecule has 1 aromatic rings. The summed E-state index contributed by atoms with van der Waals surface area (Å²) in [6.45, 7) is 5.26. The second-order valence-electron chi connectivity index (χ2n) is 8.19. The zero-order valence-electron chi connectivity index (χ0n) is 15.8. The number of benzene rings is 1. The molecule has 2 atom stereocenters. The predicted octanol–water partition coefficient (Wildman–Crippen LogP) is 3.14. The first kappa shape index (κ1) is 18.6. The number of amides is 2. The van der Waals surface area contributed by atoms with Crippen molar-refractivity contribution in [2.45, 2.75) is 45.1 Å². The molecular formula is C21H27ClN2O3. The summed E-state index contributed by atoms with van der Waals surface area (Å²) in [6.07, 6.45) is 3.93. The number of fused-ring (bicyclic) bond motifs is 1. The summed E-state index contributed by atoms with van der Waals surface area (Å²) in [5.41, 5.74) is 0.991. The second kappa shape index (κ2) is 7.70. The fourth-order valence-electron chi connectivity index (χ4n) is 4.55. The summed E-state index contributed by atoms with van der Waals surface area (Å²) in [4.78, 5) is 29.5. The van der Waals surface area contributed by atoms with Crippen LogP contribution in [0.25, 0.3) is 0 Å². The van der Waals surface area contributed by atoms with Gasteiger partial charge >= 0.3 is 0 Å². The van der Waals surface area contributed by atoms with Crippen LogP contribution in [0.2, 0.25) is 5.02 Å². The molecule has 4 rings (SSSR count). The zero-order chi connectivity index (χ0) is 19.0. The van der Waals surface area contributed by atoms with E-state index in [4.69, 9.17) is 16.3 Å². The van der Waals surface area contributed by atoms with Gasteiger partial charge in [0.05, 0.1) is 0 Å². The molecule has 2 amide bonds. The first-order chi connectivity index (χ1) is 13.0. The Morgan fingerprint density at radius 1 is 1.07 bits per heavy atom. The van der Waals surface area contributed by atoms with Gasteiger partial charge in [-0.1, -0.05) is 18.5 Å². The number of rotatable bonds is 2. The zero-order valence-corrected chi connectivity index (χ0v) is 16.6. The SMILES string of the molecule is CC1CCCN(C(=O)C2CCN(C(=O)C3Cc4cc(Cl)ccc4O3)CC2)C1. The van der Waals surface area contributed by atoms with Crippen LogP contribution >= 0.6 is 11.6 Å². The minimum Gasteiger partial charge on any atom is -0.480 e. The highest BCUT2D eigenvalue weighted by Gasteiger charge is 2.36. The normalized spacial score (nSPS) is 25.9. The summed E-state index contributed by atoms with van der Waals surface area (Å²) in [5, 5.41) is 0.664. The van der Waals surface area contributed by atoms with Gasteiger partial charge in [0.2, 0.25) is 5.91 Å². The molecule has 5 nitrogen and oxygen atoms in total. The van der Waals surface area contributed by atoms with Gasteiger partial charge in [0.15, 0.2) is 6.10 Å². The average molecular weight is 391 g/mol. The van der Waals surface area contributed by atoms with E-state index >= 15 is 0 Å². The maximum atomic E-state index is 12.8. The van der Waals surface area contributed by atoms with Crippen molar-refractivity contribution in [1.29, 1.82) is 0 Å². The van der Waals surface area contributed by atoms with Crippen LogP contribution in [0.3, 0.4) is 0 Å². The van der Waals surface area contributed by atoms with Crippen molar-refractivity contribution in [3.05, 3.63) is 28.8 Å². The molecule has 1 aromatic carbocycles. The van der Waals surface area contributed by atoms with Gasteiger partial charge in [-0.05, 0) is 55.4 Å².